The minimum absolute atomic E-state index is 0.0190. The summed E-state index contributed by atoms with van der Waals surface area (Å²) in [6.45, 7) is 0.570. The van der Waals surface area contributed by atoms with E-state index in [0.29, 0.717) is 23.6 Å². The van der Waals surface area contributed by atoms with E-state index in [0.717, 1.165) is 19.3 Å². The zero-order chi connectivity index (χ0) is 15.5. The molecule has 1 fully saturated rings. The van der Waals surface area contributed by atoms with Crippen molar-refractivity contribution in [2.24, 2.45) is 5.92 Å². The first-order valence-corrected chi connectivity index (χ1v) is 9.12. The van der Waals surface area contributed by atoms with Gasteiger partial charge in [-0.2, -0.15) is 0 Å². The summed E-state index contributed by atoms with van der Waals surface area (Å²) in [4.78, 5) is 12.0. The van der Waals surface area contributed by atoms with Gasteiger partial charge in [0.05, 0.1) is 11.9 Å². The van der Waals surface area contributed by atoms with Crippen LogP contribution in [-0.2, 0) is 15.6 Å². The summed E-state index contributed by atoms with van der Waals surface area (Å²) in [6.07, 6.45) is 3.44. The van der Waals surface area contributed by atoms with Gasteiger partial charge in [0, 0.05) is 18.4 Å². The van der Waals surface area contributed by atoms with Crippen molar-refractivity contribution in [2.75, 3.05) is 12.8 Å². The van der Waals surface area contributed by atoms with Gasteiger partial charge in [-0.1, -0.05) is 12.1 Å². The quantitative estimate of drug-likeness (QED) is 0.853. The van der Waals surface area contributed by atoms with Gasteiger partial charge in [-0.05, 0) is 42.9 Å². The van der Waals surface area contributed by atoms with Crippen LogP contribution in [-0.4, -0.2) is 38.3 Å². The molecule has 2 unspecified atom stereocenters. The highest BCUT2D eigenvalue weighted by molar-refractivity contribution is 7.89. The van der Waals surface area contributed by atoms with E-state index in [-0.39, 0.29) is 17.8 Å². The highest BCUT2D eigenvalue weighted by Gasteiger charge is 2.23. The number of aliphatic hydroxyl groups excluding tert-OH is 1. The number of amides is 1. The van der Waals surface area contributed by atoms with Crippen molar-refractivity contribution >= 4 is 15.7 Å². The summed E-state index contributed by atoms with van der Waals surface area (Å²) in [6, 6.07) is 6.60. The molecular weight excluding hydrogens is 290 g/mol. The second-order valence-corrected chi connectivity index (χ2v) is 7.95. The van der Waals surface area contributed by atoms with Crippen molar-refractivity contribution < 1.29 is 18.3 Å². The fraction of sp³-hybridized carbons (Fsp3) is 0.533. The minimum Gasteiger partial charge on any atom is -0.393 e. The Morgan fingerprint density at radius 3 is 2.48 bits per heavy atom. The number of rotatable bonds is 5. The molecule has 1 amide bonds. The average Bonchev–Trinajstić information content (AvgIpc) is 2.81. The SMILES string of the molecule is CS(=O)(=O)Cc1ccc(C(=O)NCC2CCC(O)C2)cc1. The molecule has 0 radical (unpaired) electrons. The van der Waals surface area contributed by atoms with Gasteiger partial charge in [0.2, 0.25) is 0 Å². The van der Waals surface area contributed by atoms with Crippen molar-refractivity contribution in [3.63, 3.8) is 0 Å². The number of benzene rings is 1. The normalized spacial score (nSPS) is 22.2. The number of carbonyl (C=O) groups is 1. The molecule has 0 saturated heterocycles. The Bertz CT molecular complexity index is 595. The summed E-state index contributed by atoms with van der Waals surface area (Å²) in [5, 5.41) is 12.3. The maximum absolute atomic E-state index is 12.0. The van der Waals surface area contributed by atoms with Gasteiger partial charge in [0.15, 0.2) is 9.84 Å². The van der Waals surface area contributed by atoms with Crippen LogP contribution in [0.2, 0.25) is 0 Å². The third kappa shape index (κ3) is 5.13. The Morgan fingerprint density at radius 1 is 1.29 bits per heavy atom. The monoisotopic (exact) mass is 311 g/mol. The van der Waals surface area contributed by atoms with Crippen LogP contribution in [0.4, 0.5) is 0 Å². The lowest BCUT2D eigenvalue weighted by molar-refractivity contribution is 0.0945. The predicted octanol–water partition coefficient (Wildman–Crippen LogP) is 1.12. The van der Waals surface area contributed by atoms with Crippen LogP contribution in [0, 0.1) is 5.92 Å². The van der Waals surface area contributed by atoms with Gasteiger partial charge in [0.25, 0.3) is 5.91 Å². The summed E-state index contributed by atoms with van der Waals surface area (Å²) in [7, 11) is -3.06. The first-order chi connectivity index (χ1) is 9.83. The van der Waals surface area contributed by atoms with Gasteiger partial charge < -0.3 is 10.4 Å². The zero-order valence-corrected chi connectivity index (χ0v) is 12.9. The Balaban J connectivity index is 1.88. The lowest BCUT2D eigenvalue weighted by atomic mass is 10.1. The van der Waals surface area contributed by atoms with E-state index < -0.39 is 9.84 Å². The van der Waals surface area contributed by atoms with E-state index in [4.69, 9.17) is 0 Å². The maximum Gasteiger partial charge on any atom is 0.251 e. The summed E-state index contributed by atoms with van der Waals surface area (Å²) in [5.41, 5.74) is 1.19. The van der Waals surface area contributed by atoms with Crippen molar-refractivity contribution in [2.45, 2.75) is 31.1 Å². The molecular formula is C15H21NO4S. The van der Waals surface area contributed by atoms with Crippen LogP contribution in [0.5, 0.6) is 0 Å². The molecule has 0 aliphatic heterocycles. The largest absolute Gasteiger partial charge is 0.393 e. The smallest absolute Gasteiger partial charge is 0.251 e. The van der Waals surface area contributed by atoms with Crippen molar-refractivity contribution in [3.8, 4) is 0 Å². The van der Waals surface area contributed by atoms with Gasteiger partial charge in [-0.25, -0.2) is 8.42 Å². The Kier molecular flexibility index (Phi) is 5.00. The number of hydrogen-bond donors (Lipinski definition) is 2. The molecule has 0 heterocycles. The first-order valence-electron chi connectivity index (χ1n) is 7.06. The van der Waals surface area contributed by atoms with Gasteiger partial charge in [0.1, 0.15) is 0 Å². The Labute approximate surface area is 125 Å². The topological polar surface area (TPSA) is 83.5 Å². The Hall–Kier alpha value is -1.40. The van der Waals surface area contributed by atoms with Crippen LogP contribution < -0.4 is 5.32 Å². The zero-order valence-electron chi connectivity index (χ0n) is 12.1. The molecule has 1 aromatic rings. The van der Waals surface area contributed by atoms with Crippen LogP contribution in [0.25, 0.3) is 0 Å². The predicted molar refractivity (Wildman–Crippen MR) is 80.7 cm³/mol. The number of aliphatic hydroxyl groups is 1. The third-order valence-electron chi connectivity index (χ3n) is 3.71. The van der Waals surface area contributed by atoms with E-state index in [1.165, 1.54) is 6.26 Å². The average molecular weight is 311 g/mol. The third-order valence-corrected chi connectivity index (χ3v) is 4.57. The lowest BCUT2D eigenvalue weighted by Crippen LogP contribution is -2.28. The van der Waals surface area contributed by atoms with Crippen LogP contribution in [0.1, 0.15) is 35.2 Å². The molecule has 1 saturated carbocycles. The Morgan fingerprint density at radius 2 is 1.95 bits per heavy atom. The summed E-state index contributed by atoms with van der Waals surface area (Å²) >= 11 is 0. The van der Waals surface area contributed by atoms with E-state index >= 15 is 0 Å². The second-order valence-electron chi connectivity index (χ2n) is 5.81. The molecule has 116 valence electrons. The molecule has 2 rings (SSSR count). The minimum atomic E-state index is -3.06. The molecule has 1 aromatic carbocycles. The molecule has 0 spiro atoms. The maximum atomic E-state index is 12.0. The molecule has 0 bridgehead atoms. The molecule has 5 nitrogen and oxygen atoms in total. The summed E-state index contributed by atoms with van der Waals surface area (Å²) < 4.78 is 22.4. The fourth-order valence-electron chi connectivity index (χ4n) is 2.63. The highest BCUT2D eigenvalue weighted by Crippen LogP contribution is 2.24. The van der Waals surface area contributed by atoms with Crippen molar-refractivity contribution in [3.05, 3.63) is 35.4 Å². The lowest BCUT2D eigenvalue weighted by Gasteiger charge is -2.11. The molecule has 0 aromatic heterocycles. The number of nitrogens with one attached hydrogen (secondary N) is 1. The number of carbonyl (C=O) groups excluding carboxylic acids is 1. The molecule has 6 heteroatoms. The summed E-state index contributed by atoms with van der Waals surface area (Å²) in [5.74, 6) is 0.158. The van der Waals surface area contributed by atoms with Crippen LogP contribution in [0.15, 0.2) is 24.3 Å². The highest BCUT2D eigenvalue weighted by atomic mass is 32.2. The van der Waals surface area contributed by atoms with Gasteiger partial charge >= 0.3 is 0 Å². The number of sulfone groups is 1. The van der Waals surface area contributed by atoms with E-state index in [1.54, 1.807) is 24.3 Å². The molecule has 1 aliphatic carbocycles. The van der Waals surface area contributed by atoms with Crippen LogP contribution >= 0.6 is 0 Å². The van der Waals surface area contributed by atoms with Crippen LogP contribution in [0.3, 0.4) is 0 Å². The molecule has 2 atom stereocenters. The first kappa shape index (κ1) is 16.0. The van der Waals surface area contributed by atoms with Crippen molar-refractivity contribution in [1.82, 2.24) is 5.32 Å². The van der Waals surface area contributed by atoms with Gasteiger partial charge in [-0.15, -0.1) is 0 Å². The van der Waals surface area contributed by atoms with E-state index in [2.05, 4.69) is 5.32 Å². The van der Waals surface area contributed by atoms with E-state index in [1.807, 2.05) is 0 Å². The van der Waals surface area contributed by atoms with Gasteiger partial charge in [-0.3, -0.25) is 4.79 Å². The second kappa shape index (κ2) is 6.58. The standard InChI is InChI=1S/C15H21NO4S/c1-21(19,20)10-11-2-5-13(6-3-11)15(18)16-9-12-4-7-14(17)8-12/h2-3,5-6,12,14,17H,4,7-10H2,1H3,(H,16,18). The number of hydrogen-bond acceptors (Lipinski definition) is 4. The van der Waals surface area contributed by atoms with E-state index in [9.17, 15) is 18.3 Å². The fourth-order valence-corrected chi connectivity index (χ4v) is 3.43. The molecule has 21 heavy (non-hydrogen) atoms. The van der Waals surface area contributed by atoms with Crippen molar-refractivity contribution in [1.29, 1.82) is 0 Å². The molecule has 2 N–H and O–H groups in total. The molecule has 1 aliphatic rings.